The van der Waals surface area contributed by atoms with Crippen LogP contribution in [0.3, 0.4) is 0 Å². The Morgan fingerprint density at radius 2 is 1.70 bits per heavy atom. The van der Waals surface area contributed by atoms with Gasteiger partial charge in [0.2, 0.25) is 0 Å². The van der Waals surface area contributed by atoms with Crippen molar-refractivity contribution in [2.75, 3.05) is 5.32 Å². The Hall–Kier alpha value is -5.04. The van der Waals surface area contributed by atoms with Crippen LogP contribution in [0.2, 0.25) is 0 Å². The highest BCUT2D eigenvalue weighted by atomic mass is 19.1. The van der Waals surface area contributed by atoms with E-state index in [1.807, 2.05) is 48.5 Å². The molecular weight excluding hydrogens is 467 g/mol. The van der Waals surface area contributed by atoms with Crippen LogP contribution < -0.4 is 10.9 Å². The molecule has 1 amide bonds. The van der Waals surface area contributed by atoms with Gasteiger partial charge in [-0.3, -0.25) is 9.36 Å². The normalized spacial score (nSPS) is 11.2. The summed E-state index contributed by atoms with van der Waals surface area (Å²) in [7, 11) is 0. The number of rotatable bonds is 4. The molecule has 0 aliphatic rings. The fraction of sp³-hybridized carbons (Fsp3) is 0.0333. The summed E-state index contributed by atoms with van der Waals surface area (Å²) in [5.74, 6) is -0.372. The average Bonchev–Trinajstić information content (AvgIpc) is 3.36. The van der Waals surface area contributed by atoms with Crippen molar-refractivity contribution in [2.24, 2.45) is 0 Å². The number of halogens is 1. The van der Waals surface area contributed by atoms with Gasteiger partial charge in [-0.1, -0.05) is 54.6 Å². The molecule has 6 aromatic rings. The second-order valence-electron chi connectivity index (χ2n) is 8.79. The lowest BCUT2D eigenvalue weighted by molar-refractivity contribution is 0.254. The van der Waals surface area contributed by atoms with Crippen molar-refractivity contribution in [1.82, 2.24) is 14.8 Å². The summed E-state index contributed by atoms with van der Waals surface area (Å²) in [6, 6.07) is 28.5. The maximum atomic E-state index is 14.9. The summed E-state index contributed by atoms with van der Waals surface area (Å²) in [4.78, 5) is 25.1. The van der Waals surface area contributed by atoms with Crippen LogP contribution in [0.5, 0.6) is 0 Å². The Kier molecular flexibility index (Phi) is 5.58. The van der Waals surface area contributed by atoms with E-state index in [0.29, 0.717) is 34.3 Å². The van der Waals surface area contributed by atoms with Gasteiger partial charge in [0.1, 0.15) is 5.82 Å². The first-order chi connectivity index (χ1) is 18.1. The van der Waals surface area contributed by atoms with Gasteiger partial charge in [-0.05, 0) is 53.6 Å². The third-order valence-corrected chi connectivity index (χ3v) is 6.42. The number of hydrogen-bond acceptors (Lipinski definition) is 3. The Bertz CT molecular complexity index is 1850. The van der Waals surface area contributed by atoms with Crippen molar-refractivity contribution in [3.05, 3.63) is 131 Å². The zero-order valence-corrected chi connectivity index (χ0v) is 19.6. The van der Waals surface area contributed by atoms with E-state index in [0.717, 1.165) is 21.9 Å². The van der Waals surface area contributed by atoms with Crippen LogP contribution in [0.4, 0.5) is 14.9 Å². The topological polar surface area (TPSA) is 79.8 Å². The molecule has 0 radical (unpaired) electrons. The molecule has 7 heteroatoms. The standard InChI is InChI=1S/C30H21FN4O2/c31-26-13-12-19(17-27-23-9-2-3-10-24(23)29(36)34-33-27)16-25(26)21-7-5-8-22(18-21)32-30(37)35-15-14-20-6-1-4-11-28(20)35/h1-16,18H,17H2,(H,32,37)(H,34,36). The minimum absolute atomic E-state index is 0.245. The van der Waals surface area contributed by atoms with Gasteiger partial charge in [-0.2, -0.15) is 5.10 Å². The summed E-state index contributed by atoms with van der Waals surface area (Å²) < 4.78 is 16.5. The number of nitrogens with one attached hydrogen (secondary N) is 2. The van der Waals surface area contributed by atoms with Crippen molar-refractivity contribution in [3.63, 3.8) is 0 Å². The fourth-order valence-electron chi connectivity index (χ4n) is 4.61. The molecule has 0 atom stereocenters. The first-order valence-electron chi connectivity index (χ1n) is 11.8. The number of nitrogens with zero attached hydrogens (tertiary/aromatic N) is 2. The highest BCUT2D eigenvalue weighted by molar-refractivity contribution is 5.98. The lowest BCUT2D eigenvalue weighted by atomic mass is 9.98. The summed E-state index contributed by atoms with van der Waals surface area (Å²) in [5, 5.41) is 12.0. The Morgan fingerprint density at radius 1 is 0.892 bits per heavy atom. The second-order valence-corrected chi connectivity index (χ2v) is 8.79. The number of H-pyrrole nitrogens is 1. The van der Waals surface area contributed by atoms with Crippen LogP contribution in [-0.2, 0) is 6.42 Å². The summed E-state index contributed by atoms with van der Waals surface area (Å²) in [6.45, 7) is 0. The molecule has 2 heterocycles. The third kappa shape index (κ3) is 4.27. The van der Waals surface area contributed by atoms with Gasteiger partial charge in [0.15, 0.2) is 0 Å². The van der Waals surface area contributed by atoms with E-state index >= 15 is 0 Å². The smallest absolute Gasteiger partial charge is 0.307 e. The fourth-order valence-corrected chi connectivity index (χ4v) is 4.61. The molecule has 0 aliphatic carbocycles. The van der Waals surface area contributed by atoms with Crippen molar-refractivity contribution in [1.29, 1.82) is 0 Å². The quantitative estimate of drug-likeness (QED) is 0.303. The van der Waals surface area contributed by atoms with E-state index in [9.17, 15) is 14.0 Å². The predicted octanol–water partition coefficient (Wildman–Crippen LogP) is 6.35. The Balaban J connectivity index is 1.30. The van der Waals surface area contributed by atoms with E-state index in [1.54, 1.807) is 53.2 Å². The third-order valence-electron chi connectivity index (χ3n) is 6.42. The number of para-hydroxylation sites is 1. The molecule has 0 unspecified atom stereocenters. The number of hydrogen-bond donors (Lipinski definition) is 2. The SMILES string of the molecule is O=C(Nc1cccc(-c2cc(Cc3n[nH]c(=O)c4ccccc34)ccc2F)c1)n1ccc2ccccc21. The zero-order chi connectivity index (χ0) is 25.4. The molecule has 2 N–H and O–H groups in total. The van der Waals surface area contributed by atoms with Crippen molar-refractivity contribution >= 4 is 33.4 Å². The van der Waals surface area contributed by atoms with Gasteiger partial charge in [-0.15, -0.1) is 0 Å². The van der Waals surface area contributed by atoms with Gasteiger partial charge in [-0.25, -0.2) is 14.3 Å². The van der Waals surface area contributed by atoms with Crippen LogP contribution in [0, 0.1) is 5.82 Å². The predicted molar refractivity (Wildman–Crippen MR) is 143 cm³/mol. The molecule has 37 heavy (non-hydrogen) atoms. The number of carbonyl (C=O) groups excluding carboxylic acids is 1. The summed E-state index contributed by atoms with van der Waals surface area (Å²) >= 11 is 0. The van der Waals surface area contributed by atoms with E-state index in [2.05, 4.69) is 15.5 Å². The largest absolute Gasteiger partial charge is 0.330 e. The lowest BCUT2D eigenvalue weighted by Crippen LogP contribution is -2.18. The highest BCUT2D eigenvalue weighted by Gasteiger charge is 2.13. The molecule has 0 spiro atoms. The van der Waals surface area contributed by atoms with Gasteiger partial charge < -0.3 is 5.32 Å². The first kappa shape index (κ1) is 22.4. The van der Waals surface area contributed by atoms with Crippen molar-refractivity contribution in [2.45, 2.75) is 6.42 Å². The maximum absolute atomic E-state index is 14.9. The molecule has 0 fully saturated rings. The second kappa shape index (κ2) is 9.20. The van der Waals surface area contributed by atoms with E-state index in [1.165, 1.54) is 6.07 Å². The average molecular weight is 489 g/mol. The van der Waals surface area contributed by atoms with Crippen molar-refractivity contribution in [3.8, 4) is 11.1 Å². The molecule has 180 valence electrons. The maximum Gasteiger partial charge on any atom is 0.330 e. The minimum Gasteiger partial charge on any atom is -0.307 e. The molecule has 6 rings (SSSR count). The van der Waals surface area contributed by atoms with Crippen LogP contribution >= 0.6 is 0 Å². The molecule has 6 nitrogen and oxygen atoms in total. The van der Waals surface area contributed by atoms with E-state index in [4.69, 9.17) is 0 Å². The first-order valence-corrected chi connectivity index (χ1v) is 11.8. The number of fused-ring (bicyclic) bond motifs is 2. The number of anilines is 1. The minimum atomic E-state index is -0.372. The molecular formula is C30H21FN4O2. The molecule has 0 aliphatic heterocycles. The Morgan fingerprint density at radius 3 is 2.59 bits per heavy atom. The number of amides is 1. The monoisotopic (exact) mass is 488 g/mol. The highest BCUT2D eigenvalue weighted by Crippen LogP contribution is 2.28. The zero-order valence-electron chi connectivity index (χ0n) is 19.6. The van der Waals surface area contributed by atoms with Gasteiger partial charge in [0.05, 0.1) is 16.6 Å². The van der Waals surface area contributed by atoms with Crippen LogP contribution in [0.25, 0.3) is 32.8 Å². The lowest BCUT2D eigenvalue weighted by Gasteiger charge is -2.11. The van der Waals surface area contributed by atoms with Crippen LogP contribution in [0.1, 0.15) is 11.3 Å². The number of carbonyl (C=O) groups is 1. The molecule has 0 bridgehead atoms. The molecule has 4 aromatic carbocycles. The summed E-state index contributed by atoms with van der Waals surface area (Å²) in [5.41, 5.74) is 3.70. The van der Waals surface area contributed by atoms with Crippen molar-refractivity contribution < 1.29 is 9.18 Å². The molecule has 2 aromatic heterocycles. The van der Waals surface area contributed by atoms with Crippen LogP contribution in [0.15, 0.2) is 108 Å². The molecule has 0 saturated carbocycles. The van der Waals surface area contributed by atoms with Gasteiger partial charge in [0, 0.05) is 34.6 Å². The van der Waals surface area contributed by atoms with E-state index < -0.39 is 0 Å². The van der Waals surface area contributed by atoms with Crippen LogP contribution in [-0.4, -0.2) is 20.8 Å². The van der Waals surface area contributed by atoms with Gasteiger partial charge >= 0.3 is 6.03 Å². The number of aromatic amines is 1. The summed E-state index contributed by atoms with van der Waals surface area (Å²) in [6.07, 6.45) is 2.14. The Labute approximate surface area is 211 Å². The number of benzene rings is 4. The molecule has 0 saturated heterocycles. The van der Waals surface area contributed by atoms with E-state index in [-0.39, 0.29) is 17.4 Å². The number of aromatic nitrogens is 3. The van der Waals surface area contributed by atoms with Gasteiger partial charge in [0.25, 0.3) is 5.56 Å².